The molecule has 3 saturated heterocycles. The minimum Gasteiger partial charge on any atom is -0.396 e. The Labute approximate surface area is 251 Å². The van der Waals surface area contributed by atoms with Crippen molar-refractivity contribution in [2.75, 3.05) is 32.8 Å². The molecule has 3 fully saturated rings. The molecule has 2 bridgehead atoms. The number of benzene rings is 1. The summed E-state index contributed by atoms with van der Waals surface area (Å²) in [6, 6.07) is 8.99. The first-order chi connectivity index (χ1) is 20.2. The number of nitrogens with zero attached hydrogens (tertiary/aromatic N) is 3. The third-order valence-electron chi connectivity index (χ3n) is 9.65. The maximum atomic E-state index is 14.6. The number of likely N-dealkylation sites (tertiary alicyclic amines) is 1. The summed E-state index contributed by atoms with van der Waals surface area (Å²) in [5.41, 5.74) is -0.930. The molecule has 3 amide bonds. The standard InChI is InChI=1S/C34H49N3O5/c1-6-18-35(19-7-2)30(39)27-28-31(40)37(21-14-9-10-15-22-38)29(34(28)23-25(4)33(27,5)42-34)32(41)36(20-8-3)24-26-16-12-11-13-17-26/h6,8,11-13,16-17,25,27-29,38H,1,3,7,9-10,14-15,18-24H2,2,4-5H3/t25?,27-,28-,29?,33+,34?/m0/s1. The monoisotopic (exact) mass is 579 g/mol. The molecule has 3 unspecified atom stereocenters. The number of rotatable bonds is 16. The topological polar surface area (TPSA) is 90.4 Å². The van der Waals surface area contributed by atoms with Crippen LogP contribution < -0.4 is 0 Å². The summed E-state index contributed by atoms with van der Waals surface area (Å²) in [4.78, 5) is 48.6. The Morgan fingerprint density at radius 3 is 2.38 bits per heavy atom. The van der Waals surface area contributed by atoms with E-state index in [4.69, 9.17) is 4.74 Å². The highest BCUT2D eigenvalue weighted by Gasteiger charge is 2.80. The quantitative estimate of drug-likeness (QED) is 0.234. The third kappa shape index (κ3) is 5.68. The van der Waals surface area contributed by atoms with Crippen LogP contribution in [0.4, 0.5) is 0 Å². The van der Waals surface area contributed by atoms with Gasteiger partial charge in [-0.25, -0.2) is 0 Å². The summed E-state index contributed by atoms with van der Waals surface area (Å²) >= 11 is 0. The summed E-state index contributed by atoms with van der Waals surface area (Å²) in [7, 11) is 0. The molecular formula is C34H49N3O5. The van der Waals surface area contributed by atoms with E-state index in [9.17, 15) is 19.5 Å². The van der Waals surface area contributed by atoms with Gasteiger partial charge in [-0.05, 0) is 44.1 Å². The zero-order valence-corrected chi connectivity index (χ0v) is 25.7. The number of ether oxygens (including phenoxy) is 1. The van der Waals surface area contributed by atoms with Gasteiger partial charge in [0.05, 0.1) is 17.4 Å². The number of amides is 3. The molecule has 1 spiro atoms. The van der Waals surface area contributed by atoms with Gasteiger partial charge in [-0.3, -0.25) is 14.4 Å². The van der Waals surface area contributed by atoms with Crippen molar-refractivity contribution in [1.82, 2.24) is 14.7 Å². The van der Waals surface area contributed by atoms with Crippen LogP contribution in [-0.2, 0) is 25.7 Å². The SMILES string of the molecule is C=CCN(Cc1ccccc1)C(=O)C1N(CCCCCCO)C(=O)[C@@H]2[C@@H](C(=O)N(CC=C)CCC)[C@]3(C)OC12CC3C. The number of fused-ring (bicyclic) bond motifs is 1. The first-order valence-corrected chi connectivity index (χ1v) is 15.6. The van der Waals surface area contributed by atoms with Crippen LogP contribution in [0.25, 0.3) is 0 Å². The second-order valence-corrected chi connectivity index (χ2v) is 12.4. The van der Waals surface area contributed by atoms with E-state index >= 15 is 0 Å². The Morgan fingerprint density at radius 1 is 1.07 bits per heavy atom. The van der Waals surface area contributed by atoms with E-state index in [0.29, 0.717) is 52.0 Å². The van der Waals surface area contributed by atoms with Crippen molar-refractivity contribution >= 4 is 17.7 Å². The summed E-state index contributed by atoms with van der Waals surface area (Å²) in [5.74, 6) is -1.80. The fourth-order valence-electron chi connectivity index (χ4n) is 7.66. The van der Waals surface area contributed by atoms with Crippen molar-refractivity contribution in [3.05, 3.63) is 61.2 Å². The molecule has 8 heteroatoms. The van der Waals surface area contributed by atoms with Gasteiger partial charge in [0.2, 0.25) is 17.7 Å². The van der Waals surface area contributed by atoms with Crippen LogP contribution in [0, 0.1) is 17.8 Å². The van der Waals surface area contributed by atoms with Gasteiger partial charge in [-0.2, -0.15) is 0 Å². The lowest BCUT2D eigenvalue weighted by molar-refractivity contribution is -0.155. The molecule has 230 valence electrons. The molecule has 0 saturated carbocycles. The van der Waals surface area contributed by atoms with Gasteiger partial charge in [0.15, 0.2) is 0 Å². The van der Waals surface area contributed by atoms with Crippen LogP contribution >= 0.6 is 0 Å². The number of aliphatic hydroxyl groups excluding tert-OH is 1. The largest absolute Gasteiger partial charge is 0.396 e. The second-order valence-electron chi connectivity index (χ2n) is 12.4. The molecule has 4 rings (SSSR count). The lowest BCUT2D eigenvalue weighted by Gasteiger charge is -2.39. The molecule has 3 aliphatic rings. The Hall–Kier alpha value is -2.97. The smallest absolute Gasteiger partial charge is 0.248 e. The van der Waals surface area contributed by atoms with E-state index in [1.165, 1.54) is 0 Å². The van der Waals surface area contributed by atoms with Crippen LogP contribution in [0.3, 0.4) is 0 Å². The number of aliphatic hydroxyl groups is 1. The molecule has 3 heterocycles. The van der Waals surface area contributed by atoms with Gasteiger partial charge in [-0.1, -0.05) is 69.2 Å². The van der Waals surface area contributed by atoms with Gasteiger partial charge in [0, 0.05) is 39.3 Å². The van der Waals surface area contributed by atoms with Gasteiger partial charge in [0.25, 0.3) is 0 Å². The maximum absolute atomic E-state index is 14.6. The summed E-state index contributed by atoms with van der Waals surface area (Å²) < 4.78 is 6.94. The molecule has 0 aliphatic carbocycles. The normalized spacial score (nSPS) is 29.4. The first-order valence-electron chi connectivity index (χ1n) is 15.6. The summed E-state index contributed by atoms with van der Waals surface area (Å²) in [5, 5.41) is 9.22. The Bertz CT molecular complexity index is 1140. The van der Waals surface area contributed by atoms with E-state index in [1.54, 1.807) is 26.9 Å². The fourth-order valence-corrected chi connectivity index (χ4v) is 7.66. The highest BCUT2D eigenvalue weighted by molar-refractivity contribution is 5.99. The molecule has 1 N–H and O–H groups in total. The predicted octanol–water partition coefficient (Wildman–Crippen LogP) is 4.19. The molecule has 8 nitrogen and oxygen atoms in total. The van der Waals surface area contributed by atoms with Crippen molar-refractivity contribution in [3.63, 3.8) is 0 Å². The second kappa shape index (κ2) is 13.6. The van der Waals surface area contributed by atoms with Crippen LogP contribution in [0.15, 0.2) is 55.6 Å². The fraction of sp³-hybridized carbons (Fsp3) is 0.618. The highest BCUT2D eigenvalue weighted by Crippen LogP contribution is 2.65. The van der Waals surface area contributed by atoms with E-state index < -0.39 is 29.1 Å². The Balaban J connectivity index is 1.74. The molecule has 1 aromatic carbocycles. The lowest BCUT2D eigenvalue weighted by Crippen LogP contribution is -2.57. The van der Waals surface area contributed by atoms with E-state index in [0.717, 1.165) is 24.8 Å². The molecule has 0 radical (unpaired) electrons. The Morgan fingerprint density at radius 2 is 1.74 bits per heavy atom. The zero-order valence-electron chi connectivity index (χ0n) is 25.7. The van der Waals surface area contributed by atoms with Crippen LogP contribution in [0.2, 0.25) is 0 Å². The highest BCUT2D eigenvalue weighted by atomic mass is 16.5. The average molecular weight is 580 g/mol. The zero-order chi connectivity index (χ0) is 30.5. The van der Waals surface area contributed by atoms with Crippen molar-refractivity contribution in [3.8, 4) is 0 Å². The van der Waals surface area contributed by atoms with E-state index in [-0.39, 0.29) is 30.2 Å². The van der Waals surface area contributed by atoms with Crippen LogP contribution in [0.5, 0.6) is 0 Å². The van der Waals surface area contributed by atoms with Crippen molar-refractivity contribution < 1.29 is 24.2 Å². The van der Waals surface area contributed by atoms with Crippen molar-refractivity contribution in [1.29, 1.82) is 0 Å². The lowest BCUT2D eigenvalue weighted by atomic mass is 9.62. The molecule has 1 aromatic rings. The van der Waals surface area contributed by atoms with Crippen LogP contribution in [-0.4, -0.2) is 87.6 Å². The number of hydrogen-bond donors (Lipinski definition) is 1. The molecule has 0 aromatic heterocycles. The van der Waals surface area contributed by atoms with Gasteiger partial charge >= 0.3 is 0 Å². The van der Waals surface area contributed by atoms with Gasteiger partial charge in [-0.15, -0.1) is 13.2 Å². The number of unbranched alkanes of at least 4 members (excludes halogenated alkanes) is 3. The molecule has 42 heavy (non-hydrogen) atoms. The maximum Gasteiger partial charge on any atom is 0.248 e. The van der Waals surface area contributed by atoms with Gasteiger partial charge < -0.3 is 24.5 Å². The molecule has 6 atom stereocenters. The van der Waals surface area contributed by atoms with Crippen molar-refractivity contribution in [2.24, 2.45) is 17.8 Å². The number of carbonyl (C=O) groups is 3. The Kier molecular flexibility index (Phi) is 10.3. The molecule has 3 aliphatic heterocycles. The van der Waals surface area contributed by atoms with Crippen LogP contribution in [0.1, 0.15) is 64.9 Å². The van der Waals surface area contributed by atoms with E-state index in [1.807, 2.05) is 44.2 Å². The minimum atomic E-state index is -1.07. The summed E-state index contributed by atoms with van der Waals surface area (Å²) in [6.07, 6.45) is 7.88. The number of carbonyl (C=O) groups excluding carboxylic acids is 3. The van der Waals surface area contributed by atoms with Crippen molar-refractivity contribution in [2.45, 2.75) is 83.1 Å². The van der Waals surface area contributed by atoms with Gasteiger partial charge in [0.1, 0.15) is 11.6 Å². The number of hydrogen-bond acceptors (Lipinski definition) is 5. The third-order valence-corrected chi connectivity index (χ3v) is 9.65. The predicted molar refractivity (Wildman–Crippen MR) is 163 cm³/mol. The molecular weight excluding hydrogens is 530 g/mol. The average Bonchev–Trinajstić information content (AvgIpc) is 3.48. The first kappa shape index (κ1) is 32.0. The summed E-state index contributed by atoms with van der Waals surface area (Å²) in [6.45, 7) is 16.1. The van der Waals surface area contributed by atoms with E-state index in [2.05, 4.69) is 20.1 Å². The minimum absolute atomic E-state index is 0.00973.